The highest BCUT2D eigenvalue weighted by atomic mass is 19.1. The zero-order valence-electron chi connectivity index (χ0n) is 9.61. The average Bonchev–Trinajstić information content (AvgIpc) is 2.71. The van der Waals surface area contributed by atoms with Crippen LogP contribution < -0.4 is 0 Å². The molecule has 0 spiro atoms. The van der Waals surface area contributed by atoms with Crippen LogP contribution in [0.2, 0.25) is 0 Å². The predicted octanol–water partition coefficient (Wildman–Crippen LogP) is 2.62. The molecule has 2 aromatic rings. The number of carbonyl (C=O) groups excluding carboxylic acids is 1. The molecule has 88 valence electrons. The molecule has 0 aliphatic carbocycles. The Labute approximate surface area is 98.4 Å². The fraction of sp³-hybridized carbons (Fsp3) is 0.154. The van der Waals surface area contributed by atoms with E-state index in [4.69, 9.17) is 0 Å². The Kier molecular flexibility index (Phi) is 2.95. The second-order valence-electron chi connectivity index (χ2n) is 3.66. The summed E-state index contributed by atoms with van der Waals surface area (Å²) in [6.07, 6.45) is 0. The lowest BCUT2D eigenvalue weighted by atomic mass is 10.1. The molecule has 0 radical (unpaired) electrons. The second-order valence-corrected chi connectivity index (χ2v) is 3.66. The summed E-state index contributed by atoms with van der Waals surface area (Å²) in [7, 11) is 3.11. The Morgan fingerprint density at radius 1 is 1.18 bits per heavy atom. The van der Waals surface area contributed by atoms with E-state index in [2.05, 4.69) is 4.74 Å². The standard InChI is InChI=1S/C13H12FNO2/c1-15-11(7-8-12(15)13(16)17-2)9-3-5-10(14)6-4-9/h3-8H,1-2H3. The molecule has 1 aromatic carbocycles. The number of esters is 1. The molecule has 17 heavy (non-hydrogen) atoms. The lowest BCUT2D eigenvalue weighted by Crippen LogP contribution is -2.07. The Balaban J connectivity index is 2.44. The minimum atomic E-state index is -0.388. The van der Waals surface area contributed by atoms with Crippen LogP contribution in [0.3, 0.4) is 0 Å². The fourth-order valence-corrected chi connectivity index (χ4v) is 1.73. The van der Waals surface area contributed by atoms with Crippen LogP contribution in [-0.4, -0.2) is 17.6 Å². The fourth-order valence-electron chi connectivity index (χ4n) is 1.73. The minimum absolute atomic E-state index is 0.281. The van der Waals surface area contributed by atoms with Gasteiger partial charge in [-0.3, -0.25) is 0 Å². The van der Waals surface area contributed by atoms with Crippen molar-refractivity contribution in [3.8, 4) is 11.3 Å². The van der Waals surface area contributed by atoms with Crippen molar-refractivity contribution in [1.82, 2.24) is 4.57 Å². The smallest absolute Gasteiger partial charge is 0.354 e. The first-order chi connectivity index (χ1) is 8.13. The largest absolute Gasteiger partial charge is 0.464 e. The van der Waals surface area contributed by atoms with Gasteiger partial charge in [-0.25, -0.2) is 9.18 Å². The minimum Gasteiger partial charge on any atom is -0.464 e. The Morgan fingerprint density at radius 3 is 2.41 bits per heavy atom. The van der Waals surface area contributed by atoms with Gasteiger partial charge in [-0.05, 0) is 42.0 Å². The van der Waals surface area contributed by atoms with Gasteiger partial charge in [0, 0.05) is 12.7 Å². The van der Waals surface area contributed by atoms with Crippen molar-refractivity contribution in [3.63, 3.8) is 0 Å². The molecule has 0 aliphatic rings. The maximum atomic E-state index is 12.8. The first kappa shape index (κ1) is 11.4. The van der Waals surface area contributed by atoms with Crippen molar-refractivity contribution < 1.29 is 13.9 Å². The molecule has 0 N–H and O–H groups in total. The van der Waals surface area contributed by atoms with E-state index in [0.29, 0.717) is 5.69 Å². The third kappa shape index (κ3) is 2.06. The highest BCUT2D eigenvalue weighted by molar-refractivity contribution is 5.89. The van der Waals surface area contributed by atoms with Crippen LogP contribution in [0.25, 0.3) is 11.3 Å². The summed E-state index contributed by atoms with van der Waals surface area (Å²) in [6, 6.07) is 9.61. The number of methoxy groups -OCH3 is 1. The number of hydrogen-bond acceptors (Lipinski definition) is 2. The summed E-state index contributed by atoms with van der Waals surface area (Å²) < 4.78 is 19.2. The molecule has 2 rings (SSSR count). The quantitative estimate of drug-likeness (QED) is 0.746. The molecule has 0 atom stereocenters. The van der Waals surface area contributed by atoms with Crippen molar-refractivity contribution in [3.05, 3.63) is 47.9 Å². The molecule has 0 saturated heterocycles. The van der Waals surface area contributed by atoms with Crippen LogP contribution in [0.4, 0.5) is 4.39 Å². The normalized spacial score (nSPS) is 10.3. The van der Waals surface area contributed by atoms with E-state index < -0.39 is 0 Å². The Bertz CT molecular complexity index is 543. The third-order valence-corrected chi connectivity index (χ3v) is 2.66. The van der Waals surface area contributed by atoms with Crippen LogP contribution in [0.1, 0.15) is 10.5 Å². The number of ether oxygens (including phenoxy) is 1. The van der Waals surface area contributed by atoms with Gasteiger partial charge in [-0.1, -0.05) is 0 Å². The summed E-state index contributed by atoms with van der Waals surface area (Å²) >= 11 is 0. The Morgan fingerprint density at radius 2 is 1.82 bits per heavy atom. The van der Waals surface area contributed by atoms with Gasteiger partial charge in [0.25, 0.3) is 0 Å². The zero-order valence-corrected chi connectivity index (χ0v) is 9.61. The molecular formula is C13H12FNO2. The van der Waals surface area contributed by atoms with Crippen molar-refractivity contribution in [1.29, 1.82) is 0 Å². The van der Waals surface area contributed by atoms with E-state index in [1.807, 2.05) is 0 Å². The molecule has 0 bridgehead atoms. The number of benzene rings is 1. The summed E-state index contributed by atoms with van der Waals surface area (Å²) in [6.45, 7) is 0. The van der Waals surface area contributed by atoms with Crippen molar-refractivity contribution in [2.24, 2.45) is 7.05 Å². The van der Waals surface area contributed by atoms with E-state index in [-0.39, 0.29) is 11.8 Å². The number of halogens is 1. The van der Waals surface area contributed by atoms with E-state index >= 15 is 0 Å². The molecule has 4 heteroatoms. The van der Waals surface area contributed by atoms with E-state index in [1.54, 1.807) is 35.9 Å². The molecule has 3 nitrogen and oxygen atoms in total. The van der Waals surface area contributed by atoms with Gasteiger partial charge in [-0.15, -0.1) is 0 Å². The van der Waals surface area contributed by atoms with Crippen molar-refractivity contribution >= 4 is 5.97 Å². The Hall–Kier alpha value is -2.10. The molecule has 1 aromatic heterocycles. The number of carbonyl (C=O) groups is 1. The van der Waals surface area contributed by atoms with Gasteiger partial charge in [0.1, 0.15) is 11.5 Å². The van der Waals surface area contributed by atoms with Crippen LogP contribution in [0, 0.1) is 5.82 Å². The summed E-state index contributed by atoms with van der Waals surface area (Å²) in [4.78, 5) is 11.4. The van der Waals surface area contributed by atoms with Gasteiger partial charge in [-0.2, -0.15) is 0 Å². The van der Waals surface area contributed by atoms with Crippen LogP contribution in [-0.2, 0) is 11.8 Å². The summed E-state index contributed by atoms with van der Waals surface area (Å²) in [5.41, 5.74) is 2.15. The monoisotopic (exact) mass is 233 g/mol. The third-order valence-electron chi connectivity index (χ3n) is 2.66. The zero-order chi connectivity index (χ0) is 12.4. The van der Waals surface area contributed by atoms with Crippen molar-refractivity contribution in [2.45, 2.75) is 0 Å². The van der Waals surface area contributed by atoms with Gasteiger partial charge >= 0.3 is 5.97 Å². The SMILES string of the molecule is COC(=O)c1ccc(-c2ccc(F)cc2)n1C. The summed E-state index contributed by atoms with van der Waals surface area (Å²) in [5.74, 6) is -0.669. The van der Waals surface area contributed by atoms with Crippen molar-refractivity contribution in [2.75, 3.05) is 7.11 Å². The highest BCUT2D eigenvalue weighted by Gasteiger charge is 2.13. The number of nitrogens with zero attached hydrogens (tertiary/aromatic N) is 1. The van der Waals surface area contributed by atoms with Gasteiger partial charge in [0.2, 0.25) is 0 Å². The lowest BCUT2D eigenvalue weighted by molar-refractivity contribution is 0.0590. The maximum absolute atomic E-state index is 12.8. The van der Waals surface area contributed by atoms with E-state index in [0.717, 1.165) is 11.3 Å². The van der Waals surface area contributed by atoms with Crippen LogP contribution >= 0.6 is 0 Å². The summed E-state index contributed by atoms with van der Waals surface area (Å²) in [5, 5.41) is 0. The van der Waals surface area contributed by atoms with Gasteiger partial charge < -0.3 is 9.30 Å². The first-order valence-electron chi connectivity index (χ1n) is 5.13. The van der Waals surface area contributed by atoms with Crippen LogP contribution in [0.5, 0.6) is 0 Å². The molecule has 1 heterocycles. The average molecular weight is 233 g/mol. The molecule has 0 fully saturated rings. The number of rotatable bonds is 2. The lowest BCUT2D eigenvalue weighted by Gasteiger charge is -2.06. The molecule has 0 saturated carbocycles. The van der Waals surface area contributed by atoms with E-state index in [1.165, 1.54) is 19.2 Å². The molecule has 0 aliphatic heterocycles. The first-order valence-corrected chi connectivity index (χ1v) is 5.13. The molecule has 0 amide bonds. The molecular weight excluding hydrogens is 221 g/mol. The number of aromatic nitrogens is 1. The topological polar surface area (TPSA) is 31.2 Å². The van der Waals surface area contributed by atoms with E-state index in [9.17, 15) is 9.18 Å². The van der Waals surface area contributed by atoms with Crippen LogP contribution in [0.15, 0.2) is 36.4 Å². The molecule has 0 unspecified atom stereocenters. The maximum Gasteiger partial charge on any atom is 0.354 e. The highest BCUT2D eigenvalue weighted by Crippen LogP contribution is 2.22. The van der Waals surface area contributed by atoms with Gasteiger partial charge in [0.15, 0.2) is 0 Å². The predicted molar refractivity (Wildman–Crippen MR) is 62.1 cm³/mol. The van der Waals surface area contributed by atoms with Gasteiger partial charge in [0.05, 0.1) is 7.11 Å². The number of hydrogen-bond donors (Lipinski definition) is 0. The second kappa shape index (κ2) is 4.41.